The topological polar surface area (TPSA) is 47.6 Å². The summed E-state index contributed by atoms with van der Waals surface area (Å²) in [6.45, 7) is 1.04. The fraction of sp³-hybridized carbons (Fsp3) is 0.240. The molecule has 1 unspecified atom stereocenters. The summed E-state index contributed by atoms with van der Waals surface area (Å²) < 4.78 is 11.4. The minimum atomic E-state index is -0.579. The van der Waals surface area contributed by atoms with E-state index < -0.39 is 5.60 Å². The third-order valence-electron chi connectivity index (χ3n) is 5.53. The molecule has 4 nitrogen and oxygen atoms in total. The molecule has 4 heteroatoms. The molecule has 29 heavy (non-hydrogen) atoms. The van der Waals surface area contributed by atoms with E-state index in [4.69, 9.17) is 9.47 Å². The quantitative estimate of drug-likeness (QED) is 0.641. The van der Waals surface area contributed by atoms with Crippen molar-refractivity contribution in [2.45, 2.75) is 24.7 Å². The zero-order chi connectivity index (χ0) is 20.1. The molecule has 4 rings (SSSR count). The van der Waals surface area contributed by atoms with E-state index in [1.165, 1.54) is 12.7 Å². The van der Waals surface area contributed by atoms with Gasteiger partial charge in [0.05, 0.1) is 13.7 Å². The summed E-state index contributed by atoms with van der Waals surface area (Å²) in [5.74, 6) is -0.254. The van der Waals surface area contributed by atoms with Crippen LogP contribution in [0.3, 0.4) is 0 Å². The van der Waals surface area contributed by atoms with Crippen LogP contribution in [-0.2, 0) is 26.5 Å². The van der Waals surface area contributed by atoms with Crippen molar-refractivity contribution in [1.29, 1.82) is 0 Å². The van der Waals surface area contributed by atoms with Crippen LogP contribution in [0.4, 0.5) is 0 Å². The van der Waals surface area contributed by atoms with E-state index in [1.54, 1.807) is 0 Å². The lowest BCUT2D eigenvalue weighted by molar-refractivity contribution is -0.143. The lowest BCUT2D eigenvalue weighted by Crippen LogP contribution is -2.32. The first-order chi connectivity index (χ1) is 14.2. The summed E-state index contributed by atoms with van der Waals surface area (Å²) in [6, 6.07) is 28.5. The molecule has 1 fully saturated rings. The smallest absolute Gasteiger partial charge is 0.322 e. The Labute approximate surface area is 171 Å². The maximum Gasteiger partial charge on any atom is 0.322 e. The molecule has 2 atom stereocenters. The van der Waals surface area contributed by atoms with Crippen LogP contribution in [0, 0.1) is 0 Å². The molecule has 148 valence electrons. The van der Waals surface area contributed by atoms with Crippen LogP contribution in [0.25, 0.3) is 11.1 Å². The molecule has 1 aliphatic rings. The normalized spacial score (nSPS) is 21.1. The second kappa shape index (κ2) is 8.60. The molecule has 3 aromatic carbocycles. The number of carbonyl (C=O) groups is 1. The van der Waals surface area contributed by atoms with E-state index in [-0.39, 0.29) is 12.0 Å². The number of esters is 1. The third kappa shape index (κ3) is 4.24. The summed E-state index contributed by atoms with van der Waals surface area (Å²) in [4.78, 5) is 12.1. The second-order valence-electron chi connectivity index (χ2n) is 7.37. The molecular weight excluding hydrogens is 362 g/mol. The third-order valence-corrected chi connectivity index (χ3v) is 5.53. The molecular formula is C25H25NO3. The highest BCUT2D eigenvalue weighted by Gasteiger charge is 2.44. The first-order valence-electron chi connectivity index (χ1n) is 9.85. The van der Waals surface area contributed by atoms with Gasteiger partial charge in [0.25, 0.3) is 0 Å². The summed E-state index contributed by atoms with van der Waals surface area (Å²) in [7, 11) is 1.42. The van der Waals surface area contributed by atoms with E-state index in [1.807, 2.05) is 48.5 Å². The molecule has 1 aliphatic heterocycles. The zero-order valence-corrected chi connectivity index (χ0v) is 16.5. The Bertz CT molecular complexity index is 941. The first kappa shape index (κ1) is 19.4. The van der Waals surface area contributed by atoms with Crippen molar-refractivity contribution in [1.82, 2.24) is 5.32 Å². The van der Waals surface area contributed by atoms with E-state index in [2.05, 4.69) is 41.7 Å². The summed E-state index contributed by atoms with van der Waals surface area (Å²) in [5.41, 5.74) is 3.92. The van der Waals surface area contributed by atoms with Crippen molar-refractivity contribution >= 4 is 5.97 Å². The van der Waals surface area contributed by atoms with Crippen LogP contribution in [0.5, 0.6) is 0 Å². The van der Waals surface area contributed by atoms with Crippen LogP contribution < -0.4 is 5.32 Å². The van der Waals surface area contributed by atoms with Gasteiger partial charge in [0.1, 0.15) is 11.6 Å². The van der Waals surface area contributed by atoms with Gasteiger partial charge in [0.2, 0.25) is 0 Å². The molecule has 0 bridgehead atoms. The van der Waals surface area contributed by atoms with Crippen LogP contribution in [-0.4, -0.2) is 25.7 Å². The monoisotopic (exact) mass is 387 g/mol. The van der Waals surface area contributed by atoms with Gasteiger partial charge in [-0.1, -0.05) is 84.9 Å². The average Bonchev–Trinajstić information content (AvgIpc) is 3.24. The Morgan fingerprint density at radius 2 is 1.55 bits per heavy atom. The molecule has 0 radical (unpaired) electrons. The Balaban J connectivity index is 1.60. The number of ether oxygens (including phenoxy) is 2. The highest BCUT2D eigenvalue weighted by atomic mass is 16.5. The van der Waals surface area contributed by atoms with Crippen molar-refractivity contribution < 1.29 is 14.3 Å². The van der Waals surface area contributed by atoms with Crippen molar-refractivity contribution in [3.8, 4) is 11.1 Å². The maximum atomic E-state index is 12.1. The van der Waals surface area contributed by atoms with Gasteiger partial charge in [0, 0.05) is 13.0 Å². The minimum Gasteiger partial charge on any atom is -0.468 e. The Kier molecular flexibility index (Phi) is 5.74. The lowest BCUT2D eigenvalue weighted by atomic mass is 9.89. The summed E-state index contributed by atoms with van der Waals surface area (Å²) >= 11 is 0. The van der Waals surface area contributed by atoms with Crippen molar-refractivity contribution in [2.75, 3.05) is 13.7 Å². The van der Waals surface area contributed by atoms with Gasteiger partial charge in [-0.05, 0) is 22.3 Å². The zero-order valence-electron chi connectivity index (χ0n) is 16.5. The van der Waals surface area contributed by atoms with Crippen LogP contribution in [0.15, 0.2) is 84.9 Å². The predicted molar refractivity (Wildman–Crippen MR) is 113 cm³/mol. The van der Waals surface area contributed by atoms with E-state index >= 15 is 0 Å². The lowest BCUT2D eigenvalue weighted by Gasteiger charge is -2.30. The molecule has 0 saturated carbocycles. The molecule has 0 aliphatic carbocycles. The van der Waals surface area contributed by atoms with Gasteiger partial charge < -0.3 is 14.8 Å². The number of hydrogen-bond donors (Lipinski definition) is 1. The van der Waals surface area contributed by atoms with Crippen LogP contribution >= 0.6 is 0 Å². The number of methoxy groups -OCH3 is 1. The minimum absolute atomic E-state index is 0.254. The summed E-state index contributed by atoms with van der Waals surface area (Å²) in [6.07, 6.45) is 0.539. The number of hydrogen-bond acceptors (Lipinski definition) is 4. The fourth-order valence-electron chi connectivity index (χ4n) is 3.88. The van der Waals surface area contributed by atoms with E-state index in [0.717, 1.165) is 16.7 Å². The number of carbonyl (C=O) groups excluding carboxylic acids is 1. The number of rotatable bonds is 6. The Morgan fingerprint density at radius 1 is 0.931 bits per heavy atom. The molecule has 0 amide bonds. The van der Waals surface area contributed by atoms with Gasteiger partial charge in [-0.15, -0.1) is 0 Å². The highest BCUT2D eigenvalue weighted by molar-refractivity contribution is 5.76. The largest absolute Gasteiger partial charge is 0.468 e. The maximum absolute atomic E-state index is 12.1. The Hall–Kier alpha value is -2.95. The van der Waals surface area contributed by atoms with Crippen molar-refractivity contribution in [3.63, 3.8) is 0 Å². The first-order valence-corrected chi connectivity index (χ1v) is 9.85. The molecule has 0 spiro atoms. The molecule has 0 aromatic heterocycles. The van der Waals surface area contributed by atoms with E-state index in [9.17, 15) is 4.79 Å². The standard InChI is InChI=1S/C25H25NO3/c1-28-24(27)23-16-25(18-26-23,29-17-19-8-4-2-5-9-19)22-14-12-21(13-15-22)20-10-6-3-7-11-20/h2-15,23,26H,16-18H2,1H3/t23?,25-/m0/s1. The van der Waals surface area contributed by atoms with Crippen molar-refractivity contribution in [3.05, 3.63) is 96.1 Å². The molecule has 1 heterocycles. The van der Waals surface area contributed by atoms with Crippen LogP contribution in [0.2, 0.25) is 0 Å². The number of nitrogens with one attached hydrogen (secondary N) is 1. The molecule has 3 aromatic rings. The average molecular weight is 387 g/mol. The van der Waals surface area contributed by atoms with Gasteiger partial charge >= 0.3 is 5.97 Å². The predicted octanol–water partition coefficient (Wildman–Crippen LogP) is 4.30. The molecule has 1 N–H and O–H groups in total. The van der Waals surface area contributed by atoms with Crippen molar-refractivity contribution in [2.24, 2.45) is 0 Å². The van der Waals surface area contributed by atoms with E-state index in [0.29, 0.717) is 19.6 Å². The molecule has 1 saturated heterocycles. The summed E-state index contributed by atoms with van der Waals surface area (Å²) in [5, 5.41) is 3.28. The van der Waals surface area contributed by atoms with Gasteiger partial charge in [-0.25, -0.2) is 0 Å². The Morgan fingerprint density at radius 3 is 2.21 bits per heavy atom. The number of benzene rings is 3. The van der Waals surface area contributed by atoms with Gasteiger partial charge in [-0.2, -0.15) is 0 Å². The fourth-order valence-corrected chi connectivity index (χ4v) is 3.88. The SMILES string of the molecule is COC(=O)C1C[C@@](OCc2ccccc2)(c2ccc(-c3ccccc3)cc2)CN1. The van der Waals surface area contributed by atoms with Crippen LogP contribution in [0.1, 0.15) is 17.5 Å². The van der Waals surface area contributed by atoms with Gasteiger partial charge in [0.15, 0.2) is 0 Å². The van der Waals surface area contributed by atoms with Gasteiger partial charge in [-0.3, -0.25) is 4.79 Å². The second-order valence-corrected chi connectivity index (χ2v) is 7.37. The highest BCUT2D eigenvalue weighted by Crippen LogP contribution is 2.37.